The molecule has 12 aliphatic heterocycles. The fourth-order valence-electron chi connectivity index (χ4n) is 21.1. The van der Waals surface area contributed by atoms with E-state index in [-0.39, 0.29) is 0 Å². The van der Waals surface area contributed by atoms with Crippen LogP contribution in [0.1, 0.15) is 135 Å². The van der Waals surface area contributed by atoms with Crippen molar-refractivity contribution in [3.8, 4) is 0 Å². The molecule has 24 atom stereocenters. The second kappa shape index (κ2) is 15.0. The Balaban J connectivity index is 0.853. The molecular weight excluding hydrogens is 781 g/mol. The van der Waals surface area contributed by atoms with Gasteiger partial charge < -0.3 is 63.8 Å². The Morgan fingerprint density at radius 1 is 0.159 bits per heavy atom. The second-order valence-corrected chi connectivity index (χ2v) is 26.0. The normalized spacial score (nSPS) is 64.0. The van der Waals surface area contributed by atoms with Crippen molar-refractivity contribution in [3.05, 3.63) is 0 Å². The third-order valence-corrected chi connectivity index (χ3v) is 23.5. The van der Waals surface area contributed by atoms with Crippen molar-refractivity contribution in [3.63, 3.8) is 0 Å². The first kappa shape index (κ1) is 39.4. The molecule has 4 aliphatic carbocycles. The van der Waals surface area contributed by atoms with Gasteiger partial charge in [-0.15, -0.1) is 0 Å². The smallest absolute Gasteiger partial charge is 0.0410 e. The number of hydrogen-bond donors (Lipinski definition) is 12. The Hall–Kier alpha value is -0.480. The van der Waals surface area contributed by atoms with E-state index in [0.717, 1.165) is 0 Å². The van der Waals surface area contributed by atoms with Gasteiger partial charge >= 0.3 is 0 Å². The highest BCUT2D eigenvalue weighted by molar-refractivity contribution is 5.28. The first-order valence-corrected chi connectivity index (χ1v) is 28.2. The average Bonchev–Trinajstić information content (AvgIpc) is 4.17. The summed E-state index contributed by atoms with van der Waals surface area (Å²) in [5, 5.41) is 55.4. The first-order chi connectivity index (χ1) is 31.1. The van der Waals surface area contributed by atoms with Gasteiger partial charge in [-0.05, 0) is 170 Å². The van der Waals surface area contributed by atoms with Gasteiger partial charge in [-0.25, -0.2) is 0 Å². The van der Waals surface area contributed by atoms with Crippen LogP contribution in [0.3, 0.4) is 0 Å². The molecule has 0 aromatic heterocycles. The lowest BCUT2D eigenvalue weighted by Gasteiger charge is -2.67. The summed E-state index contributed by atoms with van der Waals surface area (Å²) >= 11 is 0. The third kappa shape index (κ3) is 6.13. The maximum Gasteiger partial charge on any atom is 0.0410 e. The van der Waals surface area contributed by atoms with Crippen molar-refractivity contribution in [2.24, 2.45) is 35.5 Å². The van der Waals surface area contributed by atoms with Crippen LogP contribution in [0.2, 0.25) is 0 Å². The molecule has 12 N–H and O–H groups in total. The van der Waals surface area contributed by atoms with Crippen LogP contribution in [0.25, 0.3) is 0 Å². The molecule has 0 aromatic carbocycles. The summed E-state index contributed by atoms with van der Waals surface area (Å²) in [7, 11) is 0. The summed E-state index contributed by atoms with van der Waals surface area (Å²) in [6.45, 7) is 0. The van der Waals surface area contributed by atoms with Crippen molar-refractivity contribution in [1.29, 1.82) is 0 Å². The van der Waals surface area contributed by atoms with E-state index in [1.165, 1.54) is 135 Å². The number of hydrogen-bond acceptors (Lipinski definition) is 12. The summed E-state index contributed by atoms with van der Waals surface area (Å²) in [5.41, 5.74) is 0. The summed E-state index contributed by atoms with van der Waals surface area (Å²) in [6.07, 6.45) is 28.6. The van der Waals surface area contributed by atoms with E-state index in [2.05, 4.69) is 31.9 Å². The molecule has 12 nitrogen and oxygen atoms in total. The van der Waals surface area contributed by atoms with E-state index in [1.54, 1.807) is 0 Å². The van der Waals surface area contributed by atoms with Gasteiger partial charge in [0, 0.05) is 145 Å². The van der Waals surface area contributed by atoms with Gasteiger partial charge in [0.25, 0.3) is 0 Å². The van der Waals surface area contributed by atoms with Crippen molar-refractivity contribution in [2.45, 2.75) is 280 Å². The van der Waals surface area contributed by atoms with E-state index in [1.807, 2.05) is 0 Å². The molecule has 16 aliphatic rings. The van der Waals surface area contributed by atoms with Crippen LogP contribution in [0.4, 0.5) is 0 Å². The Morgan fingerprint density at radius 3 is 0.508 bits per heavy atom. The van der Waals surface area contributed by atoms with Gasteiger partial charge in [-0.1, -0.05) is 0 Å². The molecule has 12 heterocycles. The van der Waals surface area contributed by atoms with E-state index >= 15 is 0 Å². The molecular formula is C51H84N12. The average molecular weight is 865 g/mol. The molecule has 24 unspecified atom stereocenters. The van der Waals surface area contributed by atoms with Gasteiger partial charge in [0.2, 0.25) is 0 Å². The maximum absolute atomic E-state index is 4.82. The molecule has 12 saturated heterocycles. The monoisotopic (exact) mass is 865 g/mol. The number of piperazine rings is 3. The van der Waals surface area contributed by atoms with Crippen LogP contribution in [-0.2, 0) is 0 Å². The maximum atomic E-state index is 4.82. The molecule has 0 amide bonds. The lowest BCUT2D eigenvalue weighted by Crippen LogP contribution is -2.93. The van der Waals surface area contributed by atoms with Gasteiger partial charge in [-0.2, -0.15) is 0 Å². The Kier molecular flexibility index (Phi) is 9.38. The minimum absolute atomic E-state index is 0.394. The van der Waals surface area contributed by atoms with Gasteiger partial charge in [0.05, 0.1) is 0 Å². The molecule has 16 rings (SSSR count). The Labute approximate surface area is 377 Å². The second-order valence-electron chi connectivity index (χ2n) is 26.0. The highest BCUT2D eigenvalue weighted by Crippen LogP contribution is 2.49. The van der Waals surface area contributed by atoms with Crippen molar-refractivity contribution < 1.29 is 0 Å². The number of rotatable bonds is 0. The molecule has 348 valence electrons. The third-order valence-electron chi connectivity index (χ3n) is 23.5. The van der Waals surface area contributed by atoms with Crippen LogP contribution >= 0.6 is 0 Å². The highest BCUT2D eigenvalue weighted by Gasteiger charge is 2.65. The van der Waals surface area contributed by atoms with Crippen molar-refractivity contribution in [2.75, 3.05) is 0 Å². The topological polar surface area (TPSA) is 144 Å². The molecule has 0 spiro atoms. The minimum Gasteiger partial charge on any atom is -0.311 e. The Morgan fingerprint density at radius 2 is 0.333 bits per heavy atom. The molecule has 16 fully saturated rings. The lowest BCUT2D eigenvalue weighted by atomic mass is 9.60. The van der Waals surface area contributed by atoms with Crippen LogP contribution < -0.4 is 63.8 Å². The molecule has 24 bridgehead atoms. The van der Waals surface area contributed by atoms with Crippen LogP contribution in [0.15, 0.2) is 0 Å². The highest BCUT2D eigenvalue weighted by atomic mass is 15.3. The van der Waals surface area contributed by atoms with E-state index in [0.29, 0.717) is 181 Å². The zero-order valence-corrected chi connectivity index (χ0v) is 38.2. The van der Waals surface area contributed by atoms with Crippen LogP contribution in [-0.4, -0.2) is 145 Å². The molecule has 0 aromatic rings. The minimum atomic E-state index is 0.394. The lowest BCUT2D eigenvalue weighted by molar-refractivity contribution is -0.0592. The van der Waals surface area contributed by atoms with Gasteiger partial charge in [0.15, 0.2) is 0 Å². The fourth-order valence-corrected chi connectivity index (χ4v) is 21.1. The van der Waals surface area contributed by atoms with Crippen molar-refractivity contribution >= 4 is 0 Å². The van der Waals surface area contributed by atoms with Gasteiger partial charge in [0.1, 0.15) is 0 Å². The predicted octanol–water partition coefficient (Wildman–Crippen LogP) is 1.01. The fraction of sp³-hybridized carbons (Fsp3) is 1.00. The van der Waals surface area contributed by atoms with E-state index < -0.39 is 0 Å². The van der Waals surface area contributed by atoms with Crippen LogP contribution in [0, 0.1) is 35.5 Å². The molecule has 12 heteroatoms. The van der Waals surface area contributed by atoms with Crippen LogP contribution in [0.5, 0.6) is 0 Å². The molecule has 63 heavy (non-hydrogen) atoms. The largest absolute Gasteiger partial charge is 0.311 e. The van der Waals surface area contributed by atoms with E-state index in [9.17, 15) is 0 Å². The SMILES string of the molecule is C1CC2NC1CC1CCC(N1)C1CCC3C4CCC(CC5CCC(N5)C5CCC6C7CCC(CC8CCC(N8)C8CCC2C2NC9C%10NC1C3NC%10C1NC5C6NC1C9NC82)N7)N4. The standard InChI is InChI=1S/C51H84N12/c1-13-34-28-7-8-29-36-15-3-24(54-36)20-25-5-17-38(56-25)32-11-12-33-39-18-6-27(57-39)21-26-4-16-37(55-26)31-10-9-30(35-14-2-23(53-35)19-22(1)52-34)42-43(31)61-50-48(60-42)46-47(59-41(29)40(28)58-46)49-51(50)63-45(33)44(32)62-49/h22-63H,1-21H2. The zero-order valence-electron chi connectivity index (χ0n) is 38.2. The summed E-state index contributed by atoms with van der Waals surface area (Å²) < 4.78 is 0. The predicted molar refractivity (Wildman–Crippen MR) is 246 cm³/mol. The summed E-state index contributed by atoms with van der Waals surface area (Å²) in [6, 6.07) is 13.3. The summed E-state index contributed by atoms with van der Waals surface area (Å²) in [5.74, 6) is 4.14. The quantitative estimate of drug-likeness (QED) is 0.169. The number of fused-ring (bicyclic) bond motifs is 18. The number of nitrogens with one attached hydrogen (secondary N) is 12. The van der Waals surface area contributed by atoms with Crippen molar-refractivity contribution in [1.82, 2.24) is 63.8 Å². The first-order valence-electron chi connectivity index (χ1n) is 28.2. The molecule has 0 radical (unpaired) electrons. The van der Waals surface area contributed by atoms with Gasteiger partial charge in [-0.3, -0.25) is 0 Å². The molecule has 4 saturated carbocycles. The zero-order chi connectivity index (χ0) is 40.7. The van der Waals surface area contributed by atoms with E-state index in [4.69, 9.17) is 31.9 Å². The summed E-state index contributed by atoms with van der Waals surface area (Å²) in [4.78, 5) is 0. The Bertz CT molecular complexity index is 1430.